The molecule has 1 aromatic rings. The van der Waals surface area contributed by atoms with Crippen LogP contribution in [0.25, 0.3) is 0 Å². The molecule has 1 atom stereocenters. The third-order valence-electron chi connectivity index (χ3n) is 4.16. The highest BCUT2D eigenvalue weighted by molar-refractivity contribution is 6.30. The fraction of sp³-hybridized carbons (Fsp3) is 0.500. The summed E-state index contributed by atoms with van der Waals surface area (Å²) in [6.45, 7) is 0. The second-order valence-corrected chi connectivity index (χ2v) is 6.40. The number of hydrogen-bond donors (Lipinski definition) is 3. The zero-order valence-electron chi connectivity index (χ0n) is 12.5. The summed E-state index contributed by atoms with van der Waals surface area (Å²) >= 11 is 5.98. The number of benzene rings is 1. The Morgan fingerprint density at radius 3 is 2.55 bits per heavy atom. The van der Waals surface area contributed by atoms with Crippen LogP contribution in [0.4, 0.5) is 0 Å². The highest BCUT2D eigenvalue weighted by Crippen LogP contribution is 2.28. The monoisotopic (exact) mass is 323 g/mol. The molecule has 5 nitrogen and oxygen atoms in total. The topological polar surface area (TPSA) is 98.2 Å². The molecule has 6 heteroatoms. The van der Waals surface area contributed by atoms with Gasteiger partial charge in [0.05, 0.1) is 18.0 Å². The minimum absolute atomic E-state index is 0.0160. The molecule has 2 rings (SSSR count). The summed E-state index contributed by atoms with van der Waals surface area (Å²) in [4.78, 5) is 23.9. The summed E-state index contributed by atoms with van der Waals surface area (Å²) in [5.74, 6) is -0.710. The fourth-order valence-electron chi connectivity index (χ4n) is 2.89. The number of nitrogens with two attached hydrogens (primary N) is 2. The number of primary amides is 1. The smallest absolute Gasteiger partial charge is 0.240 e. The number of nitrogens with one attached hydrogen (secondary N) is 1. The molecular weight excluding hydrogens is 302 g/mol. The van der Waals surface area contributed by atoms with E-state index in [1.54, 1.807) is 18.2 Å². The van der Waals surface area contributed by atoms with Crippen molar-refractivity contribution in [1.29, 1.82) is 0 Å². The number of rotatable bonds is 5. The largest absolute Gasteiger partial charge is 0.370 e. The van der Waals surface area contributed by atoms with E-state index in [1.165, 1.54) is 0 Å². The van der Waals surface area contributed by atoms with Crippen LogP contribution >= 0.6 is 11.6 Å². The Bertz CT molecular complexity index is 556. The lowest BCUT2D eigenvalue weighted by Gasteiger charge is -2.33. The van der Waals surface area contributed by atoms with Gasteiger partial charge in [0.2, 0.25) is 11.8 Å². The second-order valence-electron chi connectivity index (χ2n) is 5.97. The predicted molar refractivity (Wildman–Crippen MR) is 86.2 cm³/mol. The Balaban J connectivity index is 2.16. The lowest BCUT2D eigenvalue weighted by molar-refractivity contribution is -0.128. The van der Waals surface area contributed by atoms with Crippen molar-refractivity contribution in [3.63, 3.8) is 0 Å². The zero-order valence-corrected chi connectivity index (χ0v) is 13.2. The molecule has 22 heavy (non-hydrogen) atoms. The van der Waals surface area contributed by atoms with Gasteiger partial charge in [-0.25, -0.2) is 0 Å². The lowest BCUT2D eigenvalue weighted by Crippen LogP contribution is -2.55. The van der Waals surface area contributed by atoms with Crippen LogP contribution < -0.4 is 16.8 Å². The maximum absolute atomic E-state index is 12.5. The molecule has 0 saturated heterocycles. The normalized spacial score (nSPS) is 18.5. The molecule has 1 saturated carbocycles. The summed E-state index contributed by atoms with van der Waals surface area (Å²) in [5.41, 5.74) is 11.4. The van der Waals surface area contributed by atoms with E-state index in [4.69, 9.17) is 23.1 Å². The van der Waals surface area contributed by atoms with E-state index in [2.05, 4.69) is 5.32 Å². The van der Waals surface area contributed by atoms with E-state index in [1.807, 2.05) is 6.07 Å². The van der Waals surface area contributed by atoms with Crippen molar-refractivity contribution in [2.45, 2.75) is 50.1 Å². The molecule has 1 aliphatic rings. The van der Waals surface area contributed by atoms with E-state index < -0.39 is 17.5 Å². The van der Waals surface area contributed by atoms with E-state index >= 15 is 0 Å². The maximum atomic E-state index is 12.5. The highest BCUT2D eigenvalue weighted by atomic mass is 35.5. The van der Waals surface area contributed by atoms with Gasteiger partial charge >= 0.3 is 0 Å². The van der Waals surface area contributed by atoms with Crippen LogP contribution in [0, 0.1) is 0 Å². The van der Waals surface area contributed by atoms with E-state index in [-0.39, 0.29) is 12.3 Å². The molecule has 1 fully saturated rings. The van der Waals surface area contributed by atoms with Gasteiger partial charge in [0.15, 0.2) is 0 Å². The molecule has 0 aromatic heterocycles. The minimum atomic E-state index is -0.854. The zero-order chi connectivity index (χ0) is 16.2. The molecule has 0 unspecified atom stereocenters. The average molecular weight is 324 g/mol. The number of halogens is 1. The molecule has 0 spiro atoms. The number of hydrogen-bond acceptors (Lipinski definition) is 3. The van der Waals surface area contributed by atoms with Crippen LogP contribution in [-0.2, 0) is 9.59 Å². The van der Waals surface area contributed by atoms with Crippen LogP contribution in [0.3, 0.4) is 0 Å². The third-order valence-corrected chi connectivity index (χ3v) is 4.39. The molecule has 120 valence electrons. The lowest BCUT2D eigenvalue weighted by atomic mass is 9.81. The fourth-order valence-corrected chi connectivity index (χ4v) is 3.09. The molecule has 5 N–H and O–H groups in total. The minimum Gasteiger partial charge on any atom is -0.370 e. The molecule has 0 radical (unpaired) electrons. The molecule has 2 amide bonds. The van der Waals surface area contributed by atoms with Crippen molar-refractivity contribution < 1.29 is 9.59 Å². The number of amides is 2. The summed E-state index contributed by atoms with van der Waals surface area (Å²) in [6.07, 6.45) is 4.34. The van der Waals surface area contributed by atoms with Gasteiger partial charge in [-0.3, -0.25) is 9.59 Å². The van der Waals surface area contributed by atoms with E-state index in [0.29, 0.717) is 17.9 Å². The summed E-state index contributed by atoms with van der Waals surface area (Å²) in [7, 11) is 0. The summed E-state index contributed by atoms with van der Waals surface area (Å²) in [6, 6.07) is 6.53. The Labute approximate surface area is 135 Å². The third kappa shape index (κ3) is 4.21. The standard InChI is InChI=1S/C16H22ClN3O2/c17-12-6-4-5-11(9-12)13(10-14(18)21)20-15(22)16(19)7-2-1-3-8-16/h4-6,9,13H,1-3,7-8,10,19H2,(H2,18,21)(H,20,22)/t13-/m1/s1. The molecule has 0 heterocycles. The Morgan fingerprint density at radius 1 is 1.27 bits per heavy atom. The summed E-state index contributed by atoms with van der Waals surface area (Å²) in [5, 5.41) is 3.42. The van der Waals surface area contributed by atoms with Crippen LogP contribution in [0.1, 0.15) is 50.1 Å². The quantitative estimate of drug-likeness (QED) is 0.773. The number of carbonyl (C=O) groups excluding carboxylic acids is 2. The van der Waals surface area contributed by atoms with E-state index in [0.717, 1.165) is 24.8 Å². The van der Waals surface area contributed by atoms with Gasteiger partial charge in [-0.2, -0.15) is 0 Å². The van der Waals surface area contributed by atoms with Gasteiger partial charge in [0.1, 0.15) is 0 Å². The van der Waals surface area contributed by atoms with Gasteiger partial charge in [-0.1, -0.05) is 43.0 Å². The first-order valence-corrected chi connectivity index (χ1v) is 7.92. The van der Waals surface area contributed by atoms with Crippen molar-refractivity contribution in [2.24, 2.45) is 11.5 Å². The van der Waals surface area contributed by atoms with Gasteiger partial charge in [0, 0.05) is 5.02 Å². The van der Waals surface area contributed by atoms with Gasteiger partial charge in [0.25, 0.3) is 0 Å². The SMILES string of the molecule is NC(=O)C[C@@H](NC(=O)C1(N)CCCCC1)c1cccc(Cl)c1. The van der Waals surface area contributed by atoms with Crippen molar-refractivity contribution in [1.82, 2.24) is 5.32 Å². The van der Waals surface area contributed by atoms with Crippen molar-refractivity contribution in [3.8, 4) is 0 Å². The number of carbonyl (C=O) groups is 2. The van der Waals surface area contributed by atoms with Gasteiger partial charge < -0.3 is 16.8 Å². The predicted octanol–water partition coefficient (Wildman–Crippen LogP) is 2.03. The van der Waals surface area contributed by atoms with Crippen LogP contribution in [0.5, 0.6) is 0 Å². The molecular formula is C16H22ClN3O2. The molecule has 1 aliphatic carbocycles. The molecule has 1 aromatic carbocycles. The molecule has 0 aliphatic heterocycles. The van der Waals surface area contributed by atoms with Crippen molar-refractivity contribution in [3.05, 3.63) is 34.9 Å². The maximum Gasteiger partial charge on any atom is 0.240 e. The van der Waals surface area contributed by atoms with Crippen molar-refractivity contribution in [2.75, 3.05) is 0 Å². The first-order valence-electron chi connectivity index (χ1n) is 7.54. The summed E-state index contributed by atoms with van der Waals surface area (Å²) < 4.78 is 0. The van der Waals surface area contributed by atoms with Crippen molar-refractivity contribution >= 4 is 23.4 Å². The van der Waals surface area contributed by atoms with E-state index in [9.17, 15) is 9.59 Å². The average Bonchev–Trinajstić information content (AvgIpc) is 2.47. The Hall–Kier alpha value is -1.59. The Kier molecular flexibility index (Phi) is 5.42. The van der Waals surface area contributed by atoms with Crippen LogP contribution in [0.2, 0.25) is 5.02 Å². The second kappa shape index (κ2) is 7.11. The molecule has 0 bridgehead atoms. The van der Waals surface area contributed by atoms with Gasteiger partial charge in [-0.15, -0.1) is 0 Å². The first-order chi connectivity index (χ1) is 10.4. The van der Waals surface area contributed by atoms with Crippen LogP contribution in [-0.4, -0.2) is 17.4 Å². The Morgan fingerprint density at radius 2 is 1.95 bits per heavy atom. The van der Waals surface area contributed by atoms with Crippen LogP contribution in [0.15, 0.2) is 24.3 Å². The van der Waals surface area contributed by atoms with Gasteiger partial charge in [-0.05, 0) is 30.5 Å². The highest BCUT2D eigenvalue weighted by Gasteiger charge is 2.36. The first kappa shape index (κ1) is 16.8.